The van der Waals surface area contributed by atoms with Crippen molar-refractivity contribution in [2.75, 3.05) is 32.8 Å². The lowest BCUT2D eigenvalue weighted by molar-refractivity contribution is 0.149. The van der Waals surface area contributed by atoms with Crippen molar-refractivity contribution in [3.8, 4) is 5.75 Å². The lowest BCUT2D eigenvalue weighted by Gasteiger charge is -2.35. The Morgan fingerprint density at radius 2 is 2.26 bits per heavy atom. The van der Waals surface area contributed by atoms with Crippen molar-refractivity contribution in [3.05, 3.63) is 29.8 Å². The van der Waals surface area contributed by atoms with Crippen LogP contribution < -0.4 is 10.1 Å². The Morgan fingerprint density at radius 1 is 1.42 bits per heavy atom. The van der Waals surface area contributed by atoms with Crippen molar-refractivity contribution in [2.24, 2.45) is 5.92 Å². The van der Waals surface area contributed by atoms with Crippen molar-refractivity contribution < 1.29 is 4.74 Å². The molecule has 1 aromatic rings. The molecule has 106 valence electrons. The molecule has 1 N–H and O–H groups in total. The molecule has 0 aromatic heterocycles. The molecule has 3 heteroatoms. The molecule has 0 saturated carbocycles. The van der Waals surface area contributed by atoms with Crippen LogP contribution in [0.25, 0.3) is 0 Å². The highest BCUT2D eigenvalue weighted by Crippen LogP contribution is 2.13. The SMILES string of the molecule is Cc1cccc(OCCN2CCNC(C(C)C)C2)c1. The summed E-state index contributed by atoms with van der Waals surface area (Å²) in [5.74, 6) is 1.68. The van der Waals surface area contributed by atoms with Crippen LogP contribution in [0.1, 0.15) is 19.4 Å². The fourth-order valence-corrected chi connectivity index (χ4v) is 2.49. The van der Waals surface area contributed by atoms with Crippen LogP contribution in [0.5, 0.6) is 5.75 Å². The topological polar surface area (TPSA) is 24.5 Å². The van der Waals surface area contributed by atoms with Crippen molar-refractivity contribution in [1.82, 2.24) is 10.2 Å². The van der Waals surface area contributed by atoms with E-state index in [0.717, 1.165) is 38.5 Å². The average molecular weight is 262 g/mol. The zero-order chi connectivity index (χ0) is 13.7. The van der Waals surface area contributed by atoms with Crippen molar-refractivity contribution in [2.45, 2.75) is 26.8 Å². The Kier molecular flexibility index (Phi) is 5.23. The standard InChI is InChI=1S/C16H26N2O/c1-13(2)16-12-18(8-7-17-16)9-10-19-15-6-4-5-14(3)11-15/h4-6,11,13,16-17H,7-10,12H2,1-3H3. The normalized spacial score (nSPS) is 20.7. The first-order valence-electron chi connectivity index (χ1n) is 7.30. The fourth-order valence-electron chi connectivity index (χ4n) is 2.49. The van der Waals surface area contributed by atoms with Crippen molar-refractivity contribution >= 4 is 0 Å². The monoisotopic (exact) mass is 262 g/mol. The van der Waals surface area contributed by atoms with E-state index in [9.17, 15) is 0 Å². The molecule has 2 rings (SSSR count). The second-order valence-electron chi connectivity index (χ2n) is 5.77. The van der Waals surface area contributed by atoms with Crippen LogP contribution in [0.15, 0.2) is 24.3 Å². The quantitative estimate of drug-likeness (QED) is 0.881. The van der Waals surface area contributed by atoms with Gasteiger partial charge in [-0.05, 0) is 30.5 Å². The van der Waals surface area contributed by atoms with E-state index in [2.05, 4.69) is 43.1 Å². The summed E-state index contributed by atoms with van der Waals surface area (Å²) in [7, 11) is 0. The van der Waals surface area contributed by atoms with Crippen LogP contribution in [0.4, 0.5) is 0 Å². The van der Waals surface area contributed by atoms with Gasteiger partial charge < -0.3 is 10.1 Å². The Labute approximate surface area is 116 Å². The first-order chi connectivity index (χ1) is 9.15. The Hall–Kier alpha value is -1.06. The number of hydrogen-bond acceptors (Lipinski definition) is 3. The molecule has 0 bridgehead atoms. The summed E-state index contributed by atoms with van der Waals surface area (Å²) in [6.07, 6.45) is 0. The smallest absolute Gasteiger partial charge is 0.119 e. The number of nitrogens with zero attached hydrogens (tertiary/aromatic N) is 1. The molecule has 1 atom stereocenters. The number of benzene rings is 1. The highest BCUT2D eigenvalue weighted by molar-refractivity contribution is 5.27. The molecule has 1 aliphatic heterocycles. The van der Waals surface area contributed by atoms with Gasteiger partial charge in [0.2, 0.25) is 0 Å². The summed E-state index contributed by atoms with van der Waals surface area (Å²) in [6, 6.07) is 8.88. The Bertz CT molecular complexity index is 392. The number of nitrogens with one attached hydrogen (secondary N) is 1. The van der Waals surface area contributed by atoms with Crippen LogP contribution >= 0.6 is 0 Å². The van der Waals surface area contributed by atoms with Crippen LogP contribution in [-0.2, 0) is 0 Å². The van der Waals surface area contributed by atoms with Crippen LogP contribution in [-0.4, -0.2) is 43.7 Å². The summed E-state index contributed by atoms with van der Waals surface area (Å²) >= 11 is 0. The van der Waals surface area contributed by atoms with E-state index in [1.165, 1.54) is 5.56 Å². The van der Waals surface area contributed by atoms with Gasteiger partial charge in [0.05, 0.1) is 0 Å². The lowest BCUT2D eigenvalue weighted by atomic mass is 10.0. The summed E-state index contributed by atoms with van der Waals surface area (Å²) in [5.41, 5.74) is 1.25. The average Bonchev–Trinajstić information content (AvgIpc) is 2.39. The second kappa shape index (κ2) is 6.92. The first kappa shape index (κ1) is 14.4. The van der Waals surface area contributed by atoms with Gasteiger partial charge in [-0.15, -0.1) is 0 Å². The van der Waals surface area contributed by atoms with Gasteiger partial charge in [-0.25, -0.2) is 0 Å². The summed E-state index contributed by atoms with van der Waals surface area (Å²) < 4.78 is 5.82. The molecule has 1 aliphatic rings. The summed E-state index contributed by atoms with van der Waals surface area (Å²) in [6.45, 7) is 11.8. The molecule has 0 radical (unpaired) electrons. The first-order valence-corrected chi connectivity index (χ1v) is 7.30. The van der Waals surface area contributed by atoms with Gasteiger partial charge in [-0.2, -0.15) is 0 Å². The second-order valence-corrected chi connectivity index (χ2v) is 5.77. The summed E-state index contributed by atoms with van der Waals surface area (Å²) in [4.78, 5) is 2.50. The van der Waals surface area contributed by atoms with Gasteiger partial charge in [-0.1, -0.05) is 26.0 Å². The minimum Gasteiger partial charge on any atom is -0.492 e. The largest absolute Gasteiger partial charge is 0.492 e. The number of aryl methyl sites for hydroxylation is 1. The van der Waals surface area contributed by atoms with Gasteiger partial charge in [-0.3, -0.25) is 4.90 Å². The third-order valence-electron chi connectivity index (χ3n) is 3.76. The molecule has 0 aliphatic carbocycles. The molecule has 19 heavy (non-hydrogen) atoms. The van der Waals surface area contributed by atoms with Gasteiger partial charge >= 0.3 is 0 Å². The van der Waals surface area contributed by atoms with E-state index >= 15 is 0 Å². The Balaban J connectivity index is 1.73. The molecule has 0 amide bonds. The highest BCUT2D eigenvalue weighted by atomic mass is 16.5. The predicted molar refractivity (Wildman–Crippen MR) is 79.7 cm³/mol. The lowest BCUT2D eigenvalue weighted by Crippen LogP contribution is -2.53. The predicted octanol–water partition coefficient (Wildman–Crippen LogP) is 2.30. The molecule has 1 aromatic carbocycles. The van der Waals surface area contributed by atoms with Gasteiger partial charge in [0.15, 0.2) is 0 Å². The van der Waals surface area contributed by atoms with E-state index in [1.54, 1.807) is 0 Å². The number of ether oxygens (including phenoxy) is 1. The van der Waals surface area contributed by atoms with Crippen LogP contribution in [0.3, 0.4) is 0 Å². The molecule has 0 spiro atoms. The Morgan fingerprint density at radius 3 is 3.00 bits per heavy atom. The molecule has 3 nitrogen and oxygen atoms in total. The molecule has 1 fully saturated rings. The third-order valence-corrected chi connectivity index (χ3v) is 3.76. The maximum Gasteiger partial charge on any atom is 0.119 e. The summed E-state index contributed by atoms with van der Waals surface area (Å²) in [5, 5.41) is 3.58. The molecule has 1 saturated heterocycles. The molecular formula is C16H26N2O. The fraction of sp³-hybridized carbons (Fsp3) is 0.625. The zero-order valence-corrected chi connectivity index (χ0v) is 12.4. The van der Waals surface area contributed by atoms with Crippen molar-refractivity contribution in [3.63, 3.8) is 0 Å². The minimum atomic E-state index is 0.618. The zero-order valence-electron chi connectivity index (χ0n) is 12.4. The van der Waals surface area contributed by atoms with Crippen molar-refractivity contribution in [1.29, 1.82) is 0 Å². The molecule has 1 heterocycles. The van der Waals surface area contributed by atoms with E-state index in [0.29, 0.717) is 12.0 Å². The number of rotatable bonds is 5. The highest BCUT2D eigenvalue weighted by Gasteiger charge is 2.21. The van der Waals surface area contributed by atoms with Gasteiger partial charge in [0, 0.05) is 32.2 Å². The van der Waals surface area contributed by atoms with E-state index in [4.69, 9.17) is 4.74 Å². The van der Waals surface area contributed by atoms with Gasteiger partial charge in [0.1, 0.15) is 12.4 Å². The minimum absolute atomic E-state index is 0.618. The number of hydrogen-bond donors (Lipinski definition) is 1. The maximum atomic E-state index is 5.82. The maximum absolute atomic E-state index is 5.82. The van der Waals surface area contributed by atoms with Crippen LogP contribution in [0.2, 0.25) is 0 Å². The number of piperazine rings is 1. The third kappa shape index (κ3) is 4.51. The van der Waals surface area contributed by atoms with Gasteiger partial charge in [0.25, 0.3) is 0 Å². The van der Waals surface area contributed by atoms with E-state index in [1.807, 2.05) is 12.1 Å². The van der Waals surface area contributed by atoms with E-state index < -0.39 is 0 Å². The molecular weight excluding hydrogens is 236 g/mol. The van der Waals surface area contributed by atoms with E-state index in [-0.39, 0.29) is 0 Å². The molecule has 1 unspecified atom stereocenters. The van der Waals surface area contributed by atoms with Crippen LogP contribution in [0, 0.1) is 12.8 Å².